The molecule has 212 valence electrons. The number of nitrogens with zero attached hydrogens (tertiary/aromatic N) is 5. The van der Waals surface area contributed by atoms with Gasteiger partial charge in [0, 0.05) is 36.9 Å². The number of para-hydroxylation sites is 2. The highest BCUT2D eigenvalue weighted by Crippen LogP contribution is 2.45. The third kappa shape index (κ3) is 4.86. The summed E-state index contributed by atoms with van der Waals surface area (Å²) in [7, 11) is 0. The van der Waals surface area contributed by atoms with Crippen LogP contribution in [0.5, 0.6) is 0 Å². The second-order valence-corrected chi connectivity index (χ2v) is 12.6. The van der Waals surface area contributed by atoms with E-state index in [2.05, 4.69) is 76.0 Å². The van der Waals surface area contributed by atoms with E-state index in [9.17, 15) is 4.79 Å². The number of aryl methyl sites for hydroxylation is 2. The Kier molecular flexibility index (Phi) is 6.90. The first kappa shape index (κ1) is 26.4. The molecule has 6 heteroatoms. The lowest BCUT2D eigenvalue weighted by Gasteiger charge is -2.45. The smallest absolute Gasteiger partial charge is 0.272 e. The molecule has 3 saturated heterocycles. The molecular weight excluding hydrogens is 506 g/mol. The zero-order chi connectivity index (χ0) is 28.0. The van der Waals surface area contributed by atoms with Crippen molar-refractivity contribution in [3.8, 4) is 0 Å². The van der Waals surface area contributed by atoms with Crippen LogP contribution in [0.2, 0.25) is 0 Å². The molecule has 41 heavy (non-hydrogen) atoms. The third-order valence-corrected chi connectivity index (χ3v) is 10.3. The van der Waals surface area contributed by atoms with Crippen molar-refractivity contribution >= 4 is 16.9 Å². The maximum atomic E-state index is 13.3. The fourth-order valence-corrected chi connectivity index (χ4v) is 8.23. The standard InChI is InChI=1S/C35H41N5O/c1-25-9-8-13-32(36-25)34(41)38-20-17-35(18-21-38,27-10-4-3-5-11-27)19-22-39-28-15-16-29(39)24-30(23-28)40-26(2)37-31-12-6-7-14-33(31)40/h3-14,28-30H,15-24H2,1-2H3/t28-,29+,30+. The van der Waals surface area contributed by atoms with Crippen LogP contribution >= 0.6 is 0 Å². The second-order valence-electron chi connectivity index (χ2n) is 12.6. The van der Waals surface area contributed by atoms with Gasteiger partial charge < -0.3 is 9.47 Å². The Morgan fingerprint density at radius 1 is 0.829 bits per heavy atom. The summed E-state index contributed by atoms with van der Waals surface area (Å²) in [6, 6.07) is 27.2. The fourth-order valence-electron chi connectivity index (χ4n) is 8.23. The van der Waals surface area contributed by atoms with Crippen molar-refractivity contribution in [2.45, 2.75) is 82.3 Å². The number of likely N-dealkylation sites (tertiary alicyclic amines) is 1. The van der Waals surface area contributed by atoms with Crippen LogP contribution in [-0.4, -0.2) is 62.0 Å². The van der Waals surface area contributed by atoms with E-state index in [0.29, 0.717) is 23.8 Å². The molecule has 0 aliphatic carbocycles. The molecule has 6 nitrogen and oxygen atoms in total. The van der Waals surface area contributed by atoms with Gasteiger partial charge in [0.25, 0.3) is 5.91 Å². The summed E-state index contributed by atoms with van der Waals surface area (Å²) in [5.74, 6) is 1.21. The van der Waals surface area contributed by atoms with Gasteiger partial charge in [0.2, 0.25) is 0 Å². The predicted octanol–water partition coefficient (Wildman–Crippen LogP) is 6.48. The highest BCUT2D eigenvalue weighted by Gasteiger charge is 2.44. The van der Waals surface area contributed by atoms with Gasteiger partial charge in [-0.1, -0.05) is 48.5 Å². The Balaban J connectivity index is 1.06. The summed E-state index contributed by atoms with van der Waals surface area (Å²) in [4.78, 5) is 27.5. The minimum absolute atomic E-state index is 0.0674. The number of piperidine rings is 2. The molecule has 3 aliphatic rings. The van der Waals surface area contributed by atoms with Crippen LogP contribution in [0.3, 0.4) is 0 Å². The van der Waals surface area contributed by atoms with Crippen LogP contribution in [0.25, 0.3) is 11.0 Å². The molecule has 3 atom stereocenters. The van der Waals surface area contributed by atoms with Gasteiger partial charge in [-0.2, -0.15) is 0 Å². The van der Waals surface area contributed by atoms with Crippen molar-refractivity contribution in [2.75, 3.05) is 19.6 Å². The summed E-state index contributed by atoms with van der Waals surface area (Å²) >= 11 is 0. The number of hydrogen-bond donors (Lipinski definition) is 0. The Labute approximate surface area is 243 Å². The molecular formula is C35H41N5O. The van der Waals surface area contributed by atoms with Gasteiger partial charge in [-0.3, -0.25) is 9.69 Å². The average molecular weight is 548 g/mol. The van der Waals surface area contributed by atoms with Crippen molar-refractivity contribution in [3.05, 3.63) is 95.6 Å². The number of benzene rings is 2. The SMILES string of the molecule is Cc1cccc(C(=O)N2CCC(CCN3[C@@H]4CC[C@H]3C[C@@H](n3c(C)nc5ccccc53)C4)(c3ccccc3)CC2)n1. The Morgan fingerprint density at radius 2 is 1.54 bits per heavy atom. The van der Waals surface area contributed by atoms with Crippen LogP contribution in [0.1, 0.15) is 78.6 Å². The normalized spacial score (nSPS) is 24.1. The number of rotatable bonds is 6. The number of hydrogen-bond acceptors (Lipinski definition) is 4. The molecule has 2 bridgehead atoms. The fraction of sp³-hybridized carbons (Fsp3) is 0.457. The molecule has 3 aliphatic heterocycles. The van der Waals surface area contributed by atoms with E-state index >= 15 is 0 Å². The quantitative estimate of drug-likeness (QED) is 0.277. The molecule has 0 saturated carbocycles. The molecule has 3 fully saturated rings. The molecule has 0 spiro atoms. The molecule has 0 N–H and O–H groups in total. The van der Waals surface area contributed by atoms with E-state index in [0.717, 1.165) is 55.9 Å². The summed E-state index contributed by atoms with van der Waals surface area (Å²) < 4.78 is 2.53. The minimum atomic E-state index is 0.0674. The summed E-state index contributed by atoms with van der Waals surface area (Å²) in [5.41, 5.74) is 5.40. The van der Waals surface area contributed by atoms with Crippen molar-refractivity contribution in [2.24, 2.45) is 0 Å². The lowest BCUT2D eigenvalue weighted by molar-refractivity contribution is 0.0602. The van der Waals surface area contributed by atoms with Crippen LogP contribution in [0, 0.1) is 13.8 Å². The number of aromatic nitrogens is 3. The van der Waals surface area contributed by atoms with Crippen LogP contribution < -0.4 is 0 Å². The predicted molar refractivity (Wildman–Crippen MR) is 163 cm³/mol. The topological polar surface area (TPSA) is 54.3 Å². The van der Waals surface area contributed by atoms with Crippen molar-refractivity contribution in [1.82, 2.24) is 24.3 Å². The van der Waals surface area contributed by atoms with Crippen LogP contribution in [0.15, 0.2) is 72.8 Å². The van der Waals surface area contributed by atoms with Gasteiger partial charge in [0.1, 0.15) is 11.5 Å². The molecule has 2 aromatic heterocycles. The number of carbonyl (C=O) groups excluding carboxylic acids is 1. The lowest BCUT2D eigenvalue weighted by atomic mass is 9.70. The van der Waals surface area contributed by atoms with Gasteiger partial charge in [0.15, 0.2) is 0 Å². The molecule has 0 radical (unpaired) electrons. The zero-order valence-electron chi connectivity index (χ0n) is 24.4. The molecule has 0 unspecified atom stereocenters. The maximum Gasteiger partial charge on any atom is 0.272 e. The van der Waals surface area contributed by atoms with E-state index in [-0.39, 0.29) is 11.3 Å². The van der Waals surface area contributed by atoms with E-state index in [1.54, 1.807) is 0 Å². The first-order chi connectivity index (χ1) is 20.0. The first-order valence-electron chi connectivity index (χ1n) is 15.5. The number of fused-ring (bicyclic) bond motifs is 3. The Hall–Kier alpha value is -3.51. The van der Waals surface area contributed by atoms with Gasteiger partial charge in [0.05, 0.1) is 11.0 Å². The van der Waals surface area contributed by atoms with Crippen LogP contribution in [-0.2, 0) is 5.41 Å². The van der Waals surface area contributed by atoms with Crippen molar-refractivity contribution in [3.63, 3.8) is 0 Å². The molecule has 1 amide bonds. The van der Waals surface area contributed by atoms with E-state index in [1.165, 1.54) is 36.8 Å². The van der Waals surface area contributed by atoms with Gasteiger partial charge in [-0.15, -0.1) is 0 Å². The Bertz CT molecular complexity index is 1520. The molecule has 4 aromatic rings. The molecule has 5 heterocycles. The van der Waals surface area contributed by atoms with E-state index < -0.39 is 0 Å². The summed E-state index contributed by atoms with van der Waals surface area (Å²) in [6.07, 6.45) is 8.17. The maximum absolute atomic E-state index is 13.3. The third-order valence-electron chi connectivity index (χ3n) is 10.3. The van der Waals surface area contributed by atoms with Gasteiger partial charge in [-0.05, 0) is 101 Å². The van der Waals surface area contributed by atoms with E-state index in [4.69, 9.17) is 4.98 Å². The number of carbonyl (C=O) groups is 1. The van der Waals surface area contributed by atoms with Gasteiger partial charge in [-0.25, -0.2) is 9.97 Å². The molecule has 7 rings (SSSR count). The minimum Gasteiger partial charge on any atom is -0.337 e. The zero-order valence-corrected chi connectivity index (χ0v) is 24.4. The average Bonchev–Trinajstić information content (AvgIpc) is 3.46. The van der Waals surface area contributed by atoms with E-state index in [1.807, 2.05) is 30.0 Å². The Morgan fingerprint density at radius 3 is 2.27 bits per heavy atom. The van der Waals surface area contributed by atoms with Gasteiger partial charge >= 0.3 is 0 Å². The van der Waals surface area contributed by atoms with Crippen LogP contribution in [0.4, 0.5) is 0 Å². The second kappa shape index (κ2) is 10.7. The molecule has 2 aromatic carbocycles. The summed E-state index contributed by atoms with van der Waals surface area (Å²) in [5, 5.41) is 0. The lowest BCUT2D eigenvalue weighted by Crippen LogP contribution is -2.49. The largest absolute Gasteiger partial charge is 0.337 e. The number of pyridine rings is 1. The highest BCUT2D eigenvalue weighted by molar-refractivity contribution is 5.92. The van der Waals surface area contributed by atoms with Crippen molar-refractivity contribution in [1.29, 1.82) is 0 Å². The highest BCUT2D eigenvalue weighted by atomic mass is 16.2. The summed E-state index contributed by atoms with van der Waals surface area (Å²) in [6.45, 7) is 6.82. The first-order valence-corrected chi connectivity index (χ1v) is 15.5. The number of imidazole rings is 1. The van der Waals surface area contributed by atoms with Crippen molar-refractivity contribution < 1.29 is 4.79 Å². The monoisotopic (exact) mass is 547 g/mol. The number of amides is 1.